The molecule has 2 unspecified atom stereocenters. The minimum atomic E-state index is -0.748. The number of carboxylic acid groups (broad SMARTS) is 1. The van der Waals surface area contributed by atoms with Gasteiger partial charge < -0.3 is 19.5 Å². The second-order valence-electron chi connectivity index (χ2n) is 7.61. The molecule has 7 nitrogen and oxygen atoms in total. The topological polar surface area (TPSA) is 79.3 Å². The fourth-order valence-electron chi connectivity index (χ4n) is 3.96. The van der Waals surface area contributed by atoms with E-state index in [2.05, 4.69) is 4.90 Å². The van der Waals surface area contributed by atoms with Crippen LogP contribution in [0.2, 0.25) is 0 Å². The number of carbonyl (C=O) groups excluding carboxylic acids is 1. The van der Waals surface area contributed by atoms with Crippen molar-refractivity contribution in [2.75, 3.05) is 39.3 Å². The van der Waals surface area contributed by atoms with Gasteiger partial charge in [-0.05, 0) is 50.8 Å². The monoisotopic (exact) mass is 390 g/mol. The zero-order valence-electron chi connectivity index (χ0n) is 16.5. The zero-order chi connectivity index (χ0) is 19.9. The Hall–Kier alpha value is -2.28. The van der Waals surface area contributed by atoms with Crippen LogP contribution < -0.4 is 9.47 Å². The fraction of sp³-hybridized carbons (Fsp3) is 0.619. The second-order valence-corrected chi connectivity index (χ2v) is 7.61. The SMILES string of the molecule is CCN(CC1COc2ccccc2O1)C(=O)CN1CCCC(CCC(=O)O)C1. The van der Waals surface area contributed by atoms with Gasteiger partial charge in [0.15, 0.2) is 17.6 Å². The number of para-hydroxylation sites is 2. The number of benzene rings is 1. The zero-order valence-corrected chi connectivity index (χ0v) is 16.5. The third-order valence-electron chi connectivity index (χ3n) is 5.45. The highest BCUT2D eigenvalue weighted by molar-refractivity contribution is 5.78. The van der Waals surface area contributed by atoms with Crippen LogP contribution in [0.5, 0.6) is 11.5 Å². The van der Waals surface area contributed by atoms with Crippen LogP contribution >= 0.6 is 0 Å². The van der Waals surface area contributed by atoms with Gasteiger partial charge >= 0.3 is 5.97 Å². The largest absolute Gasteiger partial charge is 0.486 e. The lowest BCUT2D eigenvalue weighted by Crippen LogP contribution is -2.48. The molecule has 2 aliphatic heterocycles. The van der Waals surface area contributed by atoms with E-state index in [4.69, 9.17) is 14.6 Å². The number of aliphatic carboxylic acids is 1. The van der Waals surface area contributed by atoms with Gasteiger partial charge in [0, 0.05) is 19.5 Å². The number of carboxylic acids is 1. The Kier molecular flexibility index (Phi) is 7.14. The number of ether oxygens (including phenoxy) is 2. The third-order valence-corrected chi connectivity index (χ3v) is 5.45. The molecule has 2 heterocycles. The van der Waals surface area contributed by atoms with Crippen LogP contribution in [-0.4, -0.2) is 72.2 Å². The minimum absolute atomic E-state index is 0.0869. The Balaban J connectivity index is 1.49. The van der Waals surface area contributed by atoms with Crippen molar-refractivity contribution in [3.63, 3.8) is 0 Å². The number of likely N-dealkylation sites (tertiary alicyclic amines) is 1. The summed E-state index contributed by atoms with van der Waals surface area (Å²) in [5.41, 5.74) is 0. The van der Waals surface area contributed by atoms with Crippen molar-refractivity contribution >= 4 is 11.9 Å². The number of amides is 1. The molecule has 0 aliphatic carbocycles. The van der Waals surface area contributed by atoms with E-state index in [0.717, 1.165) is 37.4 Å². The first-order chi connectivity index (χ1) is 13.5. The van der Waals surface area contributed by atoms with E-state index in [1.807, 2.05) is 36.1 Å². The molecule has 2 aliphatic rings. The fourth-order valence-corrected chi connectivity index (χ4v) is 3.96. The van der Waals surface area contributed by atoms with Gasteiger partial charge in [-0.25, -0.2) is 0 Å². The Morgan fingerprint density at radius 1 is 1.29 bits per heavy atom. The summed E-state index contributed by atoms with van der Waals surface area (Å²) >= 11 is 0. The summed E-state index contributed by atoms with van der Waals surface area (Å²) in [5.74, 6) is 1.16. The first kappa shape index (κ1) is 20.5. The smallest absolute Gasteiger partial charge is 0.303 e. The van der Waals surface area contributed by atoms with Gasteiger partial charge in [-0.1, -0.05) is 12.1 Å². The van der Waals surface area contributed by atoms with Crippen molar-refractivity contribution in [2.45, 2.75) is 38.7 Å². The molecular formula is C21H30N2O5. The molecule has 2 atom stereocenters. The third kappa shape index (κ3) is 5.61. The lowest BCUT2D eigenvalue weighted by Gasteiger charge is -2.35. The van der Waals surface area contributed by atoms with Crippen molar-refractivity contribution in [1.82, 2.24) is 9.80 Å². The predicted molar refractivity (Wildman–Crippen MR) is 105 cm³/mol. The highest BCUT2D eigenvalue weighted by Crippen LogP contribution is 2.31. The van der Waals surface area contributed by atoms with Crippen molar-refractivity contribution in [2.24, 2.45) is 5.92 Å². The van der Waals surface area contributed by atoms with Crippen LogP contribution in [0.25, 0.3) is 0 Å². The van der Waals surface area contributed by atoms with Crippen molar-refractivity contribution in [1.29, 1.82) is 0 Å². The van der Waals surface area contributed by atoms with Crippen molar-refractivity contribution < 1.29 is 24.2 Å². The highest BCUT2D eigenvalue weighted by atomic mass is 16.6. The first-order valence-electron chi connectivity index (χ1n) is 10.2. The maximum atomic E-state index is 12.8. The molecule has 7 heteroatoms. The molecule has 1 amide bonds. The van der Waals surface area contributed by atoms with Gasteiger partial charge in [0.05, 0.1) is 13.1 Å². The average molecular weight is 390 g/mol. The second kappa shape index (κ2) is 9.78. The van der Waals surface area contributed by atoms with E-state index in [1.165, 1.54) is 0 Å². The number of piperidine rings is 1. The van der Waals surface area contributed by atoms with Gasteiger partial charge in [-0.15, -0.1) is 0 Å². The number of hydrogen-bond donors (Lipinski definition) is 1. The van der Waals surface area contributed by atoms with Gasteiger partial charge in [0.1, 0.15) is 6.61 Å². The van der Waals surface area contributed by atoms with Crippen LogP contribution in [0.3, 0.4) is 0 Å². The summed E-state index contributed by atoms with van der Waals surface area (Å²) in [6.45, 7) is 5.59. The highest BCUT2D eigenvalue weighted by Gasteiger charge is 2.27. The number of nitrogens with zero attached hydrogens (tertiary/aromatic N) is 2. The summed E-state index contributed by atoms with van der Waals surface area (Å²) in [7, 11) is 0. The number of likely N-dealkylation sites (N-methyl/N-ethyl adjacent to an activating group) is 1. The van der Waals surface area contributed by atoms with E-state index in [-0.39, 0.29) is 18.4 Å². The van der Waals surface area contributed by atoms with Crippen LogP contribution in [0, 0.1) is 5.92 Å². The summed E-state index contributed by atoms with van der Waals surface area (Å²) in [6.07, 6.45) is 2.77. The van der Waals surface area contributed by atoms with Crippen molar-refractivity contribution in [3.8, 4) is 11.5 Å². The van der Waals surface area contributed by atoms with Crippen molar-refractivity contribution in [3.05, 3.63) is 24.3 Å². The predicted octanol–water partition coefficient (Wildman–Crippen LogP) is 2.25. The normalized spacial score (nSPS) is 21.9. The molecule has 1 N–H and O–H groups in total. The molecule has 0 radical (unpaired) electrons. The van der Waals surface area contributed by atoms with Gasteiger partial charge in [0.2, 0.25) is 5.91 Å². The molecule has 1 aromatic rings. The van der Waals surface area contributed by atoms with Crippen LogP contribution in [0.1, 0.15) is 32.6 Å². The molecule has 0 bridgehead atoms. The summed E-state index contributed by atoms with van der Waals surface area (Å²) < 4.78 is 11.7. The van der Waals surface area contributed by atoms with Gasteiger partial charge in [-0.2, -0.15) is 0 Å². The lowest BCUT2D eigenvalue weighted by atomic mass is 9.93. The van der Waals surface area contributed by atoms with Crippen LogP contribution in [0.4, 0.5) is 0 Å². The number of carbonyl (C=O) groups is 2. The standard InChI is InChI=1S/C21H30N2O5/c1-2-23(13-17-15-27-18-7-3-4-8-19(18)28-17)20(24)14-22-11-5-6-16(12-22)9-10-21(25)26/h3-4,7-8,16-17H,2,5-6,9-15H2,1H3,(H,25,26). The molecule has 1 aromatic carbocycles. The van der Waals surface area contributed by atoms with E-state index < -0.39 is 5.97 Å². The van der Waals surface area contributed by atoms with Crippen LogP contribution in [-0.2, 0) is 9.59 Å². The average Bonchev–Trinajstić information content (AvgIpc) is 2.70. The molecule has 28 heavy (non-hydrogen) atoms. The lowest BCUT2D eigenvalue weighted by molar-refractivity contribution is -0.138. The molecule has 0 spiro atoms. The number of hydrogen-bond acceptors (Lipinski definition) is 5. The van der Waals surface area contributed by atoms with Crippen LogP contribution in [0.15, 0.2) is 24.3 Å². The number of rotatable bonds is 8. The minimum Gasteiger partial charge on any atom is -0.486 e. The molecule has 0 aromatic heterocycles. The van der Waals surface area contributed by atoms with E-state index in [1.54, 1.807) is 0 Å². The van der Waals surface area contributed by atoms with E-state index >= 15 is 0 Å². The maximum Gasteiger partial charge on any atom is 0.303 e. The molecule has 154 valence electrons. The first-order valence-corrected chi connectivity index (χ1v) is 10.2. The molecule has 0 saturated carbocycles. The molecule has 3 rings (SSSR count). The molecule has 1 fully saturated rings. The van der Waals surface area contributed by atoms with E-state index in [0.29, 0.717) is 38.6 Å². The molecule has 1 saturated heterocycles. The number of fused-ring (bicyclic) bond motifs is 1. The Morgan fingerprint density at radius 3 is 2.82 bits per heavy atom. The summed E-state index contributed by atoms with van der Waals surface area (Å²) in [5, 5.41) is 8.88. The maximum absolute atomic E-state index is 12.8. The van der Waals surface area contributed by atoms with Gasteiger partial charge in [-0.3, -0.25) is 14.5 Å². The van der Waals surface area contributed by atoms with Gasteiger partial charge in [0.25, 0.3) is 0 Å². The summed E-state index contributed by atoms with van der Waals surface area (Å²) in [6, 6.07) is 7.58. The quantitative estimate of drug-likeness (QED) is 0.733. The Labute approximate surface area is 166 Å². The van der Waals surface area contributed by atoms with E-state index in [9.17, 15) is 9.59 Å². The Morgan fingerprint density at radius 2 is 2.07 bits per heavy atom. The summed E-state index contributed by atoms with van der Waals surface area (Å²) in [4.78, 5) is 27.6. The Bertz CT molecular complexity index is 681. The molecular weight excluding hydrogens is 360 g/mol.